The summed E-state index contributed by atoms with van der Waals surface area (Å²) in [6, 6.07) is 6.44. The molecule has 0 aliphatic carbocycles. The predicted molar refractivity (Wildman–Crippen MR) is 61.7 cm³/mol. The highest BCUT2D eigenvalue weighted by Crippen LogP contribution is 2.05. The quantitative estimate of drug-likeness (QED) is 0.767. The maximum Gasteiger partial charge on any atom is 0.136 e. The Morgan fingerprint density at radius 3 is 3.27 bits per heavy atom. The van der Waals surface area contributed by atoms with Crippen molar-refractivity contribution in [3.05, 3.63) is 48.9 Å². The molecule has 15 heavy (non-hydrogen) atoms. The summed E-state index contributed by atoms with van der Waals surface area (Å²) in [7, 11) is 0. The molecule has 1 unspecified atom stereocenters. The lowest BCUT2D eigenvalue weighted by Crippen LogP contribution is -2.24. The molecule has 1 atom stereocenters. The van der Waals surface area contributed by atoms with Crippen molar-refractivity contribution in [2.24, 2.45) is 0 Å². The van der Waals surface area contributed by atoms with Crippen LogP contribution < -0.4 is 5.32 Å². The maximum atomic E-state index is 4.24. The number of hydrogen-bond acceptors (Lipinski definition) is 2. The number of pyridine rings is 1. The minimum absolute atomic E-state index is 0.323. The highest BCUT2D eigenvalue weighted by atomic mass is 15.0. The lowest BCUT2D eigenvalue weighted by atomic mass is 10.3. The summed E-state index contributed by atoms with van der Waals surface area (Å²) in [5, 5.41) is 3.36. The van der Waals surface area contributed by atoms with Crippen molar-refractivity contribution in [1.29, 1.82) is 0 Å². The molecule has 0 bridgehead atoms. The average molecular weight is 201 g/mol. The Hall–Kier alpha value is -1.61. The summed E-state index contributed by atoms with van der Waals surface area (Å²) in [5.74, 6) is 0. The zero-order chi connectivity index (χ0) is 10.7. The molecule has 78 valence electrons. The van der Waals surface area contributed by atoms with Gasteiger partial charge in [0.05, 0.1) is 0 Å². The van der Waals surface area contributed by atoms with E-state index in [9.17, 15) is 0 Å². The third kappa shape index (κ3) is 2.07. The fourth-order valence-electron chi connectivity index (χ4n) is 1.50. The van der Waals surface area contributed by atoms with E-state index in [1.54, 1.807) is 0 Å². The van der Waals surface area contributed by atoms with Crippen LogP contribution >= 0.6 is 0 Å². The summed E-state index contributed by atoms with van der Waals surface area (Å²) >= 11 is 0. The predicted octanol–water partition coefficient (Wildman–Crippen LogP) is 2.00. The number of rotatable bonds is 4. The van der Waals surface area contributed by atoms with E-state index in [1.165, 1.54) is 5.69 Å². The van der Waals surface area contributed by atoms with Gasteiger partial charge in [-0.2, -0.15) is 0 Å². The third-order valence-electron chi connectivity index (χ3n) is 2.47. The Bertz CT molecular complexity index is 459. The van der Waals surface area contributed by atoms with Gasteiger partial charge in [0.2, 0.25) is 0 Å². The largest absolute Gasteiger partial charge is 0.305 e. The summed E-state index contributed by atoms with van der Waals surface area (Å²) in [6.45, 7) is 6.65. The summed E-state index contributed by atoms with van der Waals surface area (Å²) in [5.41, 5.74) is 2.19. The molecule has 0 aliphatic rings. The zero-order valence-corrected chi connectivity index (χ0v) is 8.85. The van der Waals surface area contributed by atoms with E-state index >= 15 is 0 Å². The topological polar surface area (TPSA) is 29.3 Å². The fourth-order valence-corrected chi connectivity index (χ4v) is 1.50. The maximum absolute atomic E-state index is 4.24. The van der Waals surface area contributed by atoms with Crippen LogP contribution in [-0.4, -0.2) is 15.4 Å². The molecule has 0 saturated heterocycles. The minimum Gasteiger partial charge on any atom is -0.305 e. The van der Waals surface area contributed by atoms with E-state index in [0.29, 0.717) is 6.04 Å². The van der Waals surface area contributed by atoms with Crippen molar-refractivity contribution >= 4 is 5.65 Å². The summed E-state index contributed by atoms with van der Waals surface area (Å²) in [4.78, 5) is 4.24. The Morgan fingerprint density at radius 1 is 1.60 bits per heavy atom. The van der Waals surface area contributed by atoms with Crippen LogP contribution in [-0.2, 0) is 6.54 Å². The second kappa shape index (κ2) is 4.28. The van der Waals surface area contributed by atoms with Crippen LogP contribution in [0.3, 0.4) is 0 Å². The van der Waals surface area contributed by atoms with Crippen molar-refractivity contribution in [2.45, 2.75) is 19.5 Å². The van der Waals surface area contributed by atoms with E-state index in [0.717, 1.165) is 12.2 Å². The molecule has 0 aliphatic heterocycles. The molecule has 0 fully saturated rings. The monoisotopic (exact) mass is 201 g/mol. The highest BCUT2D eigenvalue weighted by Gasteiger charge is 2.01. The van der Waals surface area contributed by atoms with Crippen LogP contribution in [0.4, 0.5) is 0 Å². The molecular formula is C12H15N3. The number of nitrogens with one attached hydrogen (secondary N) is 1. The van der Waals surface area contributed by atoms with Crippen molar-refractivity contribution < 1.29 is 0 Å². The third-order valence-corrected chi connectivity index (χ3v) is 2.47. The molecule has 0 saturated carbocycles. The summed E-state index contributed by atoms with van der Waals surface area (Å²) < 4.78 is 2.09. The van der Waals surface area contributed by atoms with Crippen LogP contribution in [0.2, 0.25) is 0 Å². The van der Waals surface area contributed by atoms with Crippen molar-refractivity contribution in [1.82, 2.24) is 14.7 Å². The number of hydrogen-bond donors (Lipinski definition) is 1. The molecule has 2 heterocycles. The molecule has 0 aromatic carbocycles. The van der Waals surface area contributed by atoms with Gasteiger partial charge < -0.3 is 9.72 Å². The van der Waals surface area contributed by atoms with Gasteiger partial charge in [0.15, 0.2) is 0 Å². The summed E-state index contributed by atoms with van der Waals surface area (Å²) in [6.07, 6.45) is 5.69. The number of nitrogens with zero attached hydrogens (tertiary/aromatic N) is 2. The van der Waals surface area contributed by atoms with Gasteiger partial charge in [-0.05, 0) is 19.1 Å². The first-order chi connectivity index (χ1) is 7.31. The van der Waals surface area contributed by atoms with Crippen LogP contribution in [0.25, 0.3) is 5.65 Å². The van der Waals surface area contributed by atoms with Crippen LogP contribution in [0, 0.1) is 0 Å². The van der Waals surface area contributed by atoms with E-state index in [-0.39, 0.29) is 0 Å². The molecule has 3 nitrogen and oxygen atoms in total. The lowest BCUT2D eigenvalue weighted by molar-refractivity contribution is 0.620. The van der Waals surface area contributed by atoms with Gasteiger partial charge in [0.25, 0.3) is 0 Å². The molecule has 0 radical (unpaired) electrons. The second-order valence-corrected chi connectivity index (χ2v) is 3.58. The van der Waals surface area contributed by atoms with Gasteiger partial charge in [-0.3, -0.25) is 0 Å². The molecule has 2 aromatic heterocycles. The zero-order valence-electron chi connectivity index (χ0n) is 8.85. The van der Waals surface area contributed by atoms with Gasteiger partial charge in [0, 0.05) is 30.7 Å². The molecule has 0 spiro atoms. The second-order valence-electron chi connectivity index (χ2n) is 3.58. The Kier molecular flexibility index (Phi) is 2.83. The van der Waals surface area contributed by atoms with E-state index in [1.807, 2.05) is 30.6 Å². The van der Waals surface area contributed by atoms with Gasteiger partial charge in [0.1, 0.15) is 5.65 Å². The highest BCUT2D eigenvalue weighted by molar-refractivity contribution is 5.39. The first-order valence-corrected chi connectivity index (χ1v) is 5.08. The molecule has 2 rings (SSSR count). The lowest BCUT2D eigenvalue weighted by Gasteiger charge is -2.10. The molecule has 0 amide bonds. The van der Waals surface area contributed by atoms with Crippen LogP contribution in [0.15, 0.2) is 43.2 Å². The number of aromatic nitrogens is 2. The Balaban J connectivity index is 2.20. The van der Waals surface area contributed by atoms with E-state index < -0.39 is 0 Å². The van der Waals surface area contributed by atoms with Crippen LogP contribution in [0.1, 0.15) is 12.6 Å². The number of imidazole rings is 1. The van der Waals surface area contributed by atoms with Gasteiger partial charge >= 0.3 is 0 Å². The van der Waals surface area contributed by atoms with Crippen molar-refractivity contribution in [3.63, 3.8) is 0 Å². The van der Waals surface area contributed by atoms with Crippen LogP contribution in [0.5, 0.6) is 0 Å². The fraction of sp³-hybridized carbons (Fsp3) is 0.250. The van der Waals surface area contributed by atoms with Crippen molar-refractivity contribution in [3.8, 4) is 0 Å². The first-order valence-electron chi connectivity index (χ1n) is 5.08. The minimum atomic E-state index is 0.323. The van der Waals surface area contributed by atoms with Gasteiger partial charge in [-0.15, -0.1) is 6.58 Å². The Labute approximate surface area is 89.5 Å². The first kappa shape index (κ1) is 9.93. The smallest absolute Gasteiger partial charge is 0.136 e. The molecule has 2 aromatic rings. The van der Waals surface area contributed by atoms with Crippen molar-refractivity contribution in [2.75, 3.05) is 0 Å². The van der Waals surface area contributed by atoms with Gasteiger partial charge in [-0.25, -0.2) is 4.98 Å². The average Bonchev–Trinajstić information content (AvgIpc) is 2.74. The number of fused-ring (bicyclic) bond motifs is 1. The molecule has 3 heteroatoms. The standard InChI is InChI=1S/C12H15N3/c1-3-10(2)14-9-11-5-4-6-12-13-7-8-15(11)12/h3-8,10,14H,1,9H2,2H3. The van der Waals surface area contributed by atoms with Gasteiger partial charge in [-0.1, -0.05) is 12.1 Å². The SMILES string of the molecule is C=CC(C)NCc1cccc2nccn12. The normalized spacial score (nSPS) is 12.9. The van der Waals surface area contributed by atoms with E-state index in [4.69, 9.17) is 0 Å². The Morgan fingerprint density at radius 2 is 2.47 bits per heavy atom. The molecule has 1 N–H and O–H groups in total. The van der Waals surface area contributed by atoms with E-state index in [2.05, 4.69) is 34.3 Å². The molecular weight excluding hydrogens is 186 g/mol.